The van der Waals surface area contributed by atoms with Crippen molar-refractivity contribution in [3.8, 4) is 11.5 Å². The third-order valence-electron chi connectivity index (χ3n) is 4.02. The molecule has 0 bridgehead atoms. The van der Waals surface area contributed by atoms with Crippen LogP contribution in [-0.2, 0) is 5.41 Å². The highest BCUT2D eigenvalue weighted by Gasteiger charge is 2.26. The summed E-state index contributed by atoms with van der Waals surface area (Å²) in [5, 5.41) is 3.60. The van der Waals surface area contributed by atoms with Crippen molar-refractivity contribution in [2.45, 2.75) is 51.5 Å². The molecule has 2 rings (SSSR count). The predicted octanol–water partition coefficient (Wildman–Crippen LogP) is 3.82. The zero-order valence-corrected chi connectivity index (χ0v) is 13.4. The topological polar surface area (TPSA) is 30.5 Å². The van der Waals surface area contributed by atoms with Gasteiger partial charge in [0.2, 0.25) is 0 Å². The van der Waals surface area contributed by atoms with E-state index in [4.69, 9.17) is 9.47 Å². The lowest BCUT2D eigenvalue weighted by Gasteiger charge is -2.30. The molecule has 0 aromatic heterocycles. The van der Waals surface area contributed by atoms with Crippen molar-refractivity contribution in [3.05, 3.63) is 23.3 Å². The average molecular weight is 277 g/mol. The third-order valence-corrected chi connectivity index (χ3v) is 4.02. The molecule has 1 atom stereocenters. The van der Waals surface area contributed by atoms with Crippen LogP contribution in [0.15, 0.2) is 12.1 Å². The Labute approximate surface area is 122 Å². The van der Waals surface area contributed by atoms with Gasteiger partial charge in [-0.25, -0.2) is 0 Å². The SMILES string of the molecule is COc1cc(C2CCCCN2)c(OC)c(C(C)(C)C)c1. The molecule has 0 spiro atoms. The number of nitrogens with one attached hydrogen (secondary N) is 1. The summed E-state index contributed by atoms with van der Waals surface area (Å²) in [6.07, 6.45) is 3.69. The van der Waals surface area contributed by atoms with Gasteiger partial charge in [0.05, 0.1) is 14.2 Å². The first-order chi connectivity index (χ1) is 9.47. The molecule has 1 aromatic carbocycles. The highest BCUT2D eigenvalue weighted by atomic mass is 16.5. The molecule has 0 saturated carbocycles. The molecular formula is C17H27NO2. The van der Waals surface area contributed by atoms with E-state index >= 15 is 0 Å². The van der Waals surface area contributed by atoms with Crippen LogP contribution in [0.3, 0.4) is 0 Å². The van der Waals surface area contributed by atoms with Crippen LogP contribution in [0.4, 0.5) is 0 Å². The third kappa shape index (κ3) is 3.09. The van der Waals surface area contributed by atoms with Gasteiger partial charge in [0.1, 0.15) is 11.5 Å². The smallest absolute Gasteiger partial charge is 0.127 e. The quantitative estimate of drug-likeness (QED) is 0.911. The summed E-state index contributed by atoms with van der Waals surface area (Å²) < 4.78 is 11.3. The molecule has 1 saturated heterocycles. The number of rotatable bonds is 3. The largest absolute Gasteiger partial charge is 0.497 e. The summed E-state index contributed by atoms with van der Waals surface area (Å²) in [4.78, 5) is 0. The highest BCUT2D eigenvalue weighted by molar-refractivity contribution is 5.51. The molecule has 112 valence electrons. The zero-order valence-electron chi connectivity index (χ0n) is 13.4. The molecule has 1 aliphatic rings. The number of ether oxygens (including phenoxy) is 2. The maximum Gasteiger partial charge on any atom is 0.127 e. The molecule has 3 nitrogen and oxygen atoms in total. The monoisotopic (exact) mass is 277 g/mol. The summed E-state index contributed by atoms with van der Waals surface area (Å²) >= 11 is 0. The molecule has 3 heteroatoms. The van der Waals surface area contributed by atoms with Crippen LogP contribution in [0.5, 0.6) is 11.5 Å². The van der Waals surface area contributed by atoms with Crippen molar-refractivity contribution in [2.75, 3.05) is 20.8 Å². The molecule has 0 aliphatic carbocycles. The molecule has 1 aromatic rings. The first kappa shape index (κ1) is 15.2. The van der Waals surface area contributed by atoms with Gasteiger partial charge in [-0.1, -0.05) is 27.2 Å². The Morgan fingerprint density at radius 1 is 1.10 bits per heavy atom. The van der Waals surface area contributed by atoms with E-state index in [9.17, 15) is 0 Å². The van der Waals surface area contributed by atoms with Crippen LogP contribution >= 0.6 is 0 Å². The van der Waals surface area contributed by atoms with E-state index in [-0.39, 0.29) is 5.41 Å². The van der Waals surface area contributed by atoms with Gasteiger partial charge in [0, 0.05) is 17.2 Å². The van der Waals surface area contributed by atoms with Gasteiger partial charge in [-0.2, -0.15) is 0 Å². The molecule has 1 fully saturated rings. The van der Waals surface area contributed by atoms with E-state index in [1.54, 1.807) is 14.2 Å². The normalized spacial score (nSPS) is 19.8. The second kappa shape index (κ2) is 6.04. The van der Waals surface area contributed by atoms with Gasteiger partial charge in [0.25, 0.3) is 0 Å². The van der Waals surface area contributed by atoms with Crippen LogP contribution < -0.4 is 14.8 Å². The number of piperidine rings is 1. The number of hydrogen-bond acceptors (Lipinski definition) is 3. The van der Waals surface area contributed by atoms with Crippen LogP contribution in [0.2, 0.25) is 0 Å². The Balaban J connectivity index is 2.53. The zero-order chi connectivity index (χ0) is 14.8. The first-order valence-corrected chi connectivity index (χ1v) is 7.47. The molecule has 1 unspecified atom stereocenters. The Hall–Kier alpha value is -1.22. The minimum atomic E-state index is 0.0311. The van der Waals surface area contributed by atoms with Crippen molar-refractivity contribution in [1.29, 1.82) is 0 Å². The standard InChI is InChI=1S/C17H27NO2/c1-17(2,3)14-11-12(19-4)10-13(16(14)20-5)15-8-6-7-9-18-15/h10-11,15,18H,6-9H2,1-5H3. The minimum absolute atomic E-state index is 0.0311. The summed E-state index contributed by atoms with van der Waals surface area (Å²) in [6.45, 7) is 7.71. The predicted molar refractivity (Wildman–Crippen MR) is 82.8 cm³/mol. The Morgan fingerprint density at radius 3 is 2.35 bits per heavy atom. The van der Waals surface area contributed by atoms with Crippen molar-refractivity contribution >= 4 is 0 Å². The fourth-order valence-electron chi connectivity index (χ4n) is 2.90. The summed E-state index contributed by atoms with van der Waals surface area (Å²) in [5.74, 6) is 1.93. The molecule has 20 heavy (non-hydrogen) atoms. The molecule has 1 N–H and O–H groups in total. The van der Waals surface area contributed by atoms with E-state index in [0.29, 0.717) is 6.04 Å². The summed E-state index contributed by atoms with van der Waals surface area (Å²) in [6, 6.07) is 4.59. The number of benzene rings is 1. The molecule has 0 amide bonds. The van der Waals surface area contributed by atoms with Crippen LogP contribution in [-0.4, -0.2) is 20.8 Å². The maximum atomic E-state index is 5.76. The lowest BCUT2D eigenvalue weighted by Crippen LogP contribution is -2.28. The van der Waals surface area contributed by atoms with Gasteiger partial charge in [-0.05, 0) is 36.9 Å². The lowest BCUT2D eigenvalue weighted by molar-refractivity contribution is 0.357. The maximum absolute atomic E-state index is 5.76. The fraction of sp³-hybridized carbons (Fsp3) is 0.647. The second-order valence-corrected chi connectivity index (χ2v) is 6.55. The van der Waals surface area contributed by atoms with Crippen molar-refractivity contribution in [1.82, 2.24) is 5.32 Å². The minimum Gasteiger partial charge on any atom is -0.497 e. The van der Waals surface area contributed by atoms with Gasteiger partial charge in [0.15, 0.2) is 0 Å². The average Bonchev–Trinajstić information content (AvgIpc) is 2.45. The van der Waals surface area contributed by atoms with Gasteiger partial charge >= 0.3 is 0 Å². The van der Waals surface area contributed by atoms with E-state index in [1.165, 1.54) is 24.0 Å². The molecular weight excluding hydrogens is 250 g/mol. The summed E-state index contributed by atoms with van der Waals surface area (Å²) in [7, 11) is 3.50. The number of methoxy groups -OCH3 is 2. The highest BCUT2D eigenvalue weighted by Crippen LogP contribution is 2.41. The van der Waals surface area contributed by atoms with E-state index in [1.807, 2.05) is 0 Å². The Kier molecular flexibility index (Phi) is 4.59. The second-order valence-electron chi connectivity index (χ2n) is 6.55. The van der Waals surface area contributed by atoms with E-state index < -0.39 is 0 Å². The molecule has 1 aliphatic heterocycles. The Bertz CT molecular complexity index is 457. The van der Waals surface area contributed by atoms with Crippen molar-refractivity contribution < 1.29 is 9.47 Å². The van der Waals surface area contributed by atoms with E-state index in [2.05, 4.69) is 38.2 Å². The van der Waals surface area contributed by atoms with Gasteiger partial charge < -0.3 is 14.8 Å². The molecule has 0 radical (unpaired) electrons. The fourth-order valence-corrected chi connectivity index (χ4v) is 2.90. The van der Waals surface area contributed by atoms with Gasteiger partial charge in [-0.3, -0.25) is 0 Å². The van der Waals surface area contributed by atoms with E-state index in [0.717, 1.165) is 24.5 Å². The van der Waals surface area contributed by atoms with Crippen molar-refractivity contribution in [2.24, 2.45) is 0 Å². The van der Waals surface area contributed by atoms with Crippen LogP contribution in [0, 0.1) is 0 Å². The van der Waals surface area contributed by atoms with Crippen LogP contribution in [0.25, 0.3) is 0 Å². The Morgan fingerprint density at radius 2 is 1.85 bits per heavy atom. The lowest BCUT2D eigenvalue weighted by atomic mass is 9.83. The molecule has 1 heterocycles. The van der Waals surface area contributed by atoms with Crippen molar-refractivity contribution in [3.63, 3.8) is 0 Å². The summed E-state index contributed by atoms with van der Waals surface area (Å²) in [5.41, 5.74) is 2.47. The van der Waals surface area contributed by atoms with Gasteiger partial charge in [-0.15, -0.1) is 0 Å². The first-order valence-electron chi connectivity index (χ1n) is 7.47. The van der Waals surface area contributed by atoms with Crippen LogP contribution in [0.1, 0.15) is 57.2 Å². The number of hydrogen-bond donors (Lipinski definition) is 1.